The van der Waals surface area contributed by atoms with Crippen molar-refractivity contribution in [3.05, 3.63) is 23.7 Å². The molecule has 0 aromatic carbocycles. The summed E-state index contributed by atoms with van der Waals surface area (Å²) in [5.74, 6) is 1.69. The number of urea groups is 1. The lowest BCUT2D eigenvalue weighted by molar-refractivity contribution is -0.130. The quantitative estimate of drug-likeness (QED) is 0.752. The van der Waals surface area contributed by atoms with Crippen LogP contribution in [0.4, 0.5) is 4.79 Å². The molecule has 3 amide bonds. The van der Waals surface area contributed by atoms with Gasteiger partial charge in [-0.3, -0.25) is 4.79 Å². The Kier molecular flexibility index (Phi) is 7.15. The zero-order valence-corrected chi connectivity index (χ0v) is 14.8. The maximum Gasteiger partial charge on any atom is 0.315 e. The number of amides is 3. The summed E-state index contributed by atoms with van der Waals surface area (Å²) in [5.41, 5.74) is 0. The molecule has 0 atom stereocenters. The van der Waals surface area contributed by atoms with Gasteiger partial charge in [0.2, 0.25) is 5.91 Å². The third-order valence-corrected chi connectivity index (χ3v) is 4.41. The highest BCUT2D eigenvalue weighted by Gasteiger charge is 2.15. The van der Waals surface area contributed by atoms with Crippen LogP contribution in [0.3, 0.4) is 0 Å². The second kappa shape index (κ2) is 9.35. The first-order chi connectivity index (χ1) is 11.5. The molecule has 6 nitrogen and oxygen atoms in total. The molecular weight excluding hydrogens is 306 g/mol. The number of hydrogen-bond donors (Lipinski definition) is 2. The summed E-state index contributed by atoms with van der Waals surface area (Å²) in [6, 6.07) is 3.97. The van der Waals surface area contributed by atoms with Crippen LogP contribution in [0.1, 0.15) is 56.5 Å². The number of carbonyl (C=O) groups excluding carboxylic acids is 2. The lowest BCUT2D eigenvalue weighted by Crippen LogP contribution is -2.43. The average molecular weight is 335 g/mol. The van der Waals surface area contributed by atoms with E-state index in [9.17, 15) is 9.59 Å². The molecule has 6 heteroatoms. The standard InChI is InChI=1S/C18H29N3O3/c1-14-10-11-16(24-14)13-21(2)17(22)9-6-12-19-18(23)20-15-7-4-3-5-8-15/h10-11,15H,3-9,12-13H2,1-2H3,(H2,19,20,23). The van der Waals surface area contributed by atoms with Crippen molar-refractivity contribution in [1.29, 1.82) is 0 Å². The van der Waals surface area contributed by atoms with E-state index in [4.69, 9.17) is 4.42 Å². The third kappa shape index (κ3) is 6.26. The SMILES string of the molecule is Cc1ccc(CN(C)C(=O)CCCNC(=O)NC2CCCCC2)o1. The first kappa shape index (κ1) is 18.4. The predicted molar refractivity (Wildman–Crippen MR) is 92.6 cm³/mol. The fraction of sp³-hybridized carbons (Fsp3) is 0.667. The van der Waals surface area contributed by atoms with Gasteiger partial charge in [0.1, 0.15) is 11.5 Å². The van der Waals surface area contributed by atoms with Gasteiger partial charge in [0.05, 0.1) is 6.54 Å². The van der Waals surface area contributed by atoms with Gasteiger partial charge in [0.15, 0.2) is 0 Å². The molecule has 0 aliphatic heterocycles. The van der Waals surface area contributed by atoms with Gasteiger partial charge in [-0.1, -0.05) is 19.3 Å². The van der Waals surface area contributed by atoms with E-state index in [1.54, 1.807) is 11.9 Å². The summed E-state index contributed by atoms with van der Waals surface area (Å²) >= 11 is 0. The van der Waals surface area contributed by atoms with Gasteiger partial charge < -0.3 is 20.0 Å². The molecule has 0 radical (unpaired) electrons. The van der Waals surface area contributed by atoms with Crippen molar-refractivity contribution in [2.45, 2.75) is 64.5 Å². The molecule has 0 saturated heterocycles. The fourth-order valence-electron chi connectivity index (χ4n) is 3.01. The molecule has 24 heavy (non-hydrogen) atoms. The molecule has 0 spiro atoms. The molecule has 0 bridgehead atoms. The van der Waals surface area contributed by atoms with Crippen molar-refractivity contribution in [2.24, 2.45) is 0 Å². The van der Waals surface area contributed by atoms with Crippen LogP contribution in [-0.2, 0) is 11.3 Å². The lowest BCUT2D eigenvalue weighted by atomic mass is 9.96. The van der Waals surface area contributed by atoms with Crippen molar-refractivity contribution in [3.8, 4) is 0 Å². The number of carbonyl (C=O) groups is 2. The van der Waals surface area contributed by atoms with Gasteiger partial charge in [-0.15, -0.1) is 0 Å². The molecule has 1 aromatic heterocycles. The average Bonchev–Trinajstić information content (AvgIpc) is 2.97. The van der Waals surface area contributed by atoms with Crippen LogP contribution in [0, 0.1) is 6.92 Å². The first-order valence-electron chi connectivity index (χ1n) is 8.88. The molecule has 134 valence electrons. The van der Waals surface area contributed by atoms with Gasteiger partial charge in [0, 0.05) is 26.1 Å². The first-order valence-corrected chi connectivity index (χ1v) is 8.88. The molecular formula is C18H29N3O3. The Morgan fingerprint density at radius 2 is 2.00 bits per heavy atom. The molecule has 2 rings (SSSR count). The molecule has 2 N–H and O–H groups in total. The highest BCUT2D eigenvalue weighted by atomic mass is 16.3. The maximum absolute atomic E-state index is 12.1. The van der Waals surface area contributed by atoms with E-state index in [1.165, 1.54) is 19.3 Å². The van der Waals surface area contributed by atoms with Crippen LogP contribution in [0.5, 0.6) is 0 Å². The second-order valence-corrected chi connectivity index (χ2v) is 6.60. The Hall–Kier alpha value is -1.98. The minimum atomic E-state index is -0.117. The predicted octanol–water partition coefficient (Wildman–Crippen LogP) is 2.96. The van der Waals surface area contributed by atoms with E-state index in [1.807, 2.05) is 19.1 Å². The summed E-state index contributed by atoms with van der Waals surface area (Å²) in [4.78, 5) is 25.5. The van der Waals surface area contributed by atoms with Crippen LogP contribution in [0.25, 0.3) is 0 Å². The van der Waals surface area contributed by atoms with Crippen LogP contribution >= 0.6 is 0 Å². The Labute approximate surface area is 144 Å². The molecule has 1 fully saturated rings. The number of nitrogens with one attached hydrogen (secondary N) is 2. The number of rotatable bonds is 7. The van der Waals surface area contributed by atoms with Crippen molar-refractivity contribution >= 4 is 11.9 Å². The van der Waals surface area contributed by atoms with Gasteiger partial charge in [-0.25, -0.2) is 4.79 Å². The van der Waals surface area contributed by atoms with Crippen molar-refractivity contribution in [1.82, 2.24) is 15.5 Å². The van der Waals surface area contributed by atoms with Gasteiger partial charge in [-0.2, -0.15) is 0 Å². The van der Waals surface area contributed by atoms with E-state index in [0.29, 0.717) is 32.0 Å². The Bertz CT molecular complexity index is 535. The van der Waals surface area contributed by atoms with E-state index < -0.39 is 0 Å². The van der Waals surface area contributed by atoms with Crippen LogP contribution in [0.15, 0.2) is 16.5 Å². The molecule has 1 aromatic rings. The third-order valence-electron chi connectivity index (χ3n) is 4.41. The highest BCUT2D eigenvalue weighted by Crippen LogP contribution is 2.17. The fourth-order valence-corrected chi connectivity index (χ4v) is 3.01. The largest absolute Gasteiger partial charge is 0.464 e. The number of furan rings is 1. The van der Waals surface area contributed by atoms with Crippen molar-refractivity contribution < 1.29 is 14.0 Å². The number of nitrogens with zero attached hydrogens (tertiary/aromatic N) is 1. The van der Waals surface area contributed by atoms with E-state index in [0.717, 1.165) is 24.4 Å². The van der Waals surface area contributed by atoms with Gasteiger partial charge in [-0.05, 0) is 38.3 Å². The van der Waals surface area contributed by atoms with Crippen molar-refractivity contribution in [3.63, 3.8) is 0 Å². The van der Waals surface area contributed by atoms with Gasteiger partial charge >= 0.3 is 6.03 Å². The molecule has 1 aliphatic rings. The summed E-state index contributed by atoms with van der Waals surface area (Å²) < 4.78 is 5.47. The monoisotopic (exact) mass is 335 g/mol. The lowest BCUT2D eigenvalue weighted by Gasteiger charge is -2.22. The summed E-state index contributed by atoms with van der Waals surface area (Å²) in [7, 11) is 1.77. The smallest absolute Gasteiger partial charge is 0.315 e. The van der Waals surface area contributed by atoms with E-state index >= 15 is 0 Å². The normalized spacial score (nSPS) is 15.1. The van der Waals surface area contributed by atoms with Crippen LogP contribution in [-0.4, -0.2) is 36.5 Å². The zero-order valence-electron chi connectivity index (χ0n) is 14.8. The maximum atomic E-state index is 12.1. The Morgan fingerprint density at radius 3 is 2.67 bits per heavy atom. The van der Waals surface area contributed by atoms with E-state index in [2.05, 4.69) is 10.6 Å². The van der Waals surface area contributed by atoms with Crippen molar-refractivity contribution in [2.75, 3.05) is 13.6 Å². The van der Waals surface area contributed by atoms with E-state index in [-0.39, 0.29) is 11.9 Å². The molecule has 0 unspecified atom stereocenters. The topological polar surface area (TPSA) is 74.6 Å². The number of hydrogen-bond acceptors (Lipinski definition) is 3. The second-order valence-electron chi connectivity index (χ2n) is 6.60. The van der Waals surface area contributed by atoms with Gasteiger partial charge in [0.25, 0.3) is 0 Å². The summed E-state index contributed by atoms with van der Waals surface area (Å²) in [6.07, 6.45) is 6.86. The summed E-state index contributed by atoms with van der Waals surface area (Å²) in [6.45, 7) is 2.87. The Morgan fingerprint density at radius 1 is 1.25 bits per heavy atom. The minimum absolute atomic E-state index is 0.0542. The summed E-state index contributed by atoms with van der Waals surface area (Å²) in [5, 5.41) is 5.84. The zero-order chi connectivity index (χ0) is 17.4. The van der Waals surface area contributed by atoms with Crippen LogP contribution in [0.2, 0.25) is 0 Å². The molecule has 1 saturated carbocycles. The molecule has 1 heterocycles. The number of aryl methyl sites for hydroxylation is 1. The Balaban J connectivity index is 1.57. The van der Waals surface area contributed by atoms with Crippen LogP contribution < -0.4 is 10.6 Å². The molecule has 1 aliphatic carbocycles. The minimum Gasteiger partial charge on any atom is -0.464 e. The highest BCUT2D eigenvalue weighted by molar-refractivity contribution is 5.76.